The highest BCUT2D eigenvalue weighted by atomic mass is 19.3. The summed E-state index contributed by atoms with van der Waals surface area (Å²) in [7, 11) is 0. The van der Waals surface area contributed by atoms with E-state index in [1.54, 1.807) is 0 Å². The molecule has 29 heavy (non-hydrogen) atoms. The van der Waals surface area contributed by atoms with Gasteiger partial charge in [-0.1, -0.05) is 12.1 Å². The number of alkyl halides is 6. The molecule has 2 aromatic heterocycles. The van der Waals surface area contributed by atoms with Gasteiger partial charge in [-0.2, -0.15) is 26.3 Å². The molecule has 0 aliphatic heterocycles. The molecule has 2 aromatic rings. The first kappa shape index (κ1) is 22.1. The molecule has 12 heteroatoms. The van der Waals surface area contributed by atoms with Crippen molar-refractivity contribution in [1.29, 1.82) is 0 Å². The molecule has 0 aliphatic rings. The van der Waals surface area contributed by atoms with Crippen LogP contribution >= 0.6 is 0 Å². The minimum atomic E-state index is -6.29. The first-order valence-corrected chi connectivity index (χ1v) is 7.98. The smallest absolute Gasteiger partial charge is 0.347 e. The lowest BCUT2D eigenvalue weighted by atomic mass is 10.0. The third-order valence-electron chi connectivity index (χ3n) is 3.71. The van der Waals surface area contributed by atoms with Crippen LogP contribution in [0.15, 0.2) is 49.1 Å². The van der Waals surface area contributed by atoms with E-state index in [1.165, 1.54) is 47.3 Å². The fraction of sp³-hybridized carbons (Fsp3) is 0.294. The molecule has 6 nitrogen and oxygen atoms in total. The maximum absolute atomic E-state index is 13.9. The van der Waals surface area contributed by atoms with Crippen LogP contribution in [-0.4, -0.2) is 39.5 Å². The molecule has 0 saturated heterocycles. The fourth-order valence-corrected chi connectivity index (χ4v) is 2.07. The van der Waals surface area contributed by atoms with Crippen LogP contribution in [0.2, 0.25) is 0 Å². The molecule has 0 radical (unpaired) electrons. The summed E-state index contributed by atoms with van der Waals surface area (Å²) in [5.74, 6) is -23.4. The van der Waals surface area contributed by atoms with Crippen molar-refractivity contribution in [3.8, 4) is 0 Å². The van der Waals surface area contributed by atoms with E-state index in [0.29, 0.717) is 0 Å². The standard InChI is InChI=1S/C17H14F6N4O2/c18-15(19,13(28)26-9-11-3-1-5-24-7-11)17(22,23)16(20,21)14(29)27-10-12-4-2-6-25-8-12/h1-8H,9-10H2,(H,26,28)(H,27,29). The fourth-order valence-electron chi connectivity index (χ4n) is 2.07. The number of aromatic nitrogens is 2. The lowest BCUT2D eigenvalue weighted by Crippen LogP contribution is -2.65. The molecule has 156 valence electrons. The number of pyridine rings is 2. The Morgan fingerprint density at radius 3 is 1.45 bits per heavy atom. The highest BCUT2D eigenvalue weighted by Crippen LogP contribution is 2.46. The molecule has 0 fully saturated rings. The lowest BCUT2D eigenvalue weighted by Gasteiger charge is -2.30. The van der Waals surface area contributed by atoms with Gasteiger partial charge >= 0.3 is 17.8 Å². The molecule has 0 spiro atoms. The van der Waals surface area contributed by atoms with E-state index in [2.05, 4.69) is 9.97 Å². The van der Waals surface area contributed by atoms with Crippen molar-refractivity contribution in [2.24, 2.45) is 0 Å². The van der Waals surface area contributed by atoms with E-state index in [-0.39, 0.29) is 11.1 Å². The Morgan fingerprint density at radius 2 is 1.14 bits per heavy atom. The lowest BCUT2D eigenvalue weighted by molar-refractivity contribution is -0.287. The molecule has 0 bridgehead atoms. The monoisotopic (exact) mass is 420 g/mol. The summed E-state index contributed by atoms with van der Waals surface area (Å²) in [4.78, 5) is 30.2. The highest BCUT2D eigenvalue weighted by molar-refractivity contribution is 5.89. The second-order valence-corrected chi connectivity index (χ2v) is 5.81. The van der Waals surface area contributed by atoms with Gasteiger partial charge in [0.2, 0.25) is 0 Å². The van der Waals surface area contributed by atoms with Gasteiger partial charge in [-0.25, -0.2) is 0 Å². The third kappa shape index (κ3) is 4.63. The largest absolute Gasteiger partial charge is 0.393 e. The Labute approximate surface area is 160 Å². The summed E-state index contributed by atoms with van der Waals surface area (Å²) in [6, 6.07) is 5.44. The number of nitrogens with zero attached hydrogens (tertiary/aromatic N) is 2. The summed E-state index contributed by atoms with van der Waals surface area (Å²) in [5.41, 5.74) is 0.335. The van der Waals surface area contributed by atoms with Gasteiger partial charge in [0, 0.05) is 37.9 Å². The number of hydrogen-bond acceptors (Lipinski definition) is 4. The average molecular weight is 420 g/mol. The van der Waals surface area contributed by atoms with Crippen LogP contribution in [0, 0.1) is 0 Å². The summed E-state index contributed by atoms with van der Waals surface area (Å²) in [6.45, 7) is -1.31. The normalized spacial score (nSPS) is 12.3. The number of rotatable bonds is 8. The van der Waals surface area contributed by atoms with Crippen molar-refractivity contribution in [2.75, 3.05) is 0 Å². The maximum atomic E-state index is 13.9. The van der Waals surface area contributed by atoms with Gasteiger partial charge in [0.15, 0.2) is 0 Å². The van der Waals surface area contributed by atoms with E-state index in [4.69, 9.17) is 0 Å². The van der Waals surface area contributed by atoms with Crippen molar-refractivity contribution in [3.63, 3.8) is 0 Å². The van der Waals surface area contributed by atoms with Gasteiger partial charge < -0.3 is 10.6 Å². The predicted octanol–water partition coefficient (Wildman–Crippen LogP) is 2.32. The Hall–Kier alpha value is -3.18. The molecule has 2 rings (SSSR count). The minimum Gasteiger partial charge on any atom is -0.347 e. The van der Waals surface area contributed by atoms with Gasteiger partial charge in [0.25, 0.3) is 11.8 Å². The van der Waals surface area contributed by atoms with E-state index < -0.39 is 42.7 Å². The molecule has 0 aromatic carbocycles. The predicted molar refractivity (Wildman–Crippen MR) is 87.0 cm³/mol. The zero-order valence-electron chi connectivity index (χ0n) is 14.5. The van der Waals surface area contributed by atoms with Crippen molar-refractivity contribution in [2.45, 2.75) is 30.9 Å². The number of halogens is 6. The van der Waals surface area contributed by atoms with Crippen LogP contribution in [0.4, 0.5) is 26.3 Å². The molecule has 2 N–H and O–H groups in total. The molecule has 0 unspecified atom stereocenters. The molecule has 0 saturated carbocycles. The van der Waals surface area contributed by atoms with Crippen molar-refractivity contribution in [3.05, 3.63) is 60.2 Å². The van der Waals surface area contributed by atoms with Crippen LogP contribution in [0.5, 0.6) is 0 Å². The summed E-state index contributed by atoms with van der Waals surface area (Å²) in [6.07, 6.45) is 4.96. The average Bonchev–Trinajstić information content (AvgIpc) is 2.71. The first-order valence-electron chi connectivity index (χ1n) is 7.98. The van der Waals surface area contributed by atoms with E-state index >= 15 is 0 Å². The van der Waals surface area contributed by atoms with Gasteiger partial charge in [-0.05, 0) is 23.3 Å². The molecular formula is C17H14F6N4O2. The van der Waals surface area contributed by atoms with Crippen LogP contribution in [0.3, 0.4) is 0 Å². The zero-order valence-corrected chi connectivity index (χ0v) is 14.5. The van der Waals surface area contributed by atoms with Gasteiger partial charge in [0.05, 0.1) is 0 Å². The number of carbonyl (C=O) groups is 2. The van der Waals surface area contributed by atoms with Crippen LogP contribution in [-0.2, 0) is 22.7 Å². The second kappa shape index (κ2) is 8.45. The first-order chi connectivity index (χ1) is 13.5. The summed E-state index contributed by atoms with van der Waals surface area (Å²) in [5, 5.41) is 2.86. The van der Waals surface area contributed by atoms with Crippen LogP contribution in [0.25, 0.3) is 0 Å². The summed E-state index contributed by atoms with van der Waals surface area (Å²) < 4.78 is 83.2. The zero-order chi connectivity index (χ0) is 21.7. The van der Waals surface area contributed by atoms with E-state index in [1.807, 2.05) is 0 Å². The molecular weight excluding hydrogens is 406 g/mol. The van der Waals surface area contributed by atoms with Gasteiger partial charge in [-0.3, -0.25) is 19.6 Å². The Bertz CT molecular complexity index is 780. The Balaban J connectivity index is 2.09. The molecule has 2 amide bonds. The van der Waals surface area contributed by atoms with Gasteiger partial charge in [0.1, 0.15) is 0 Å². The topological polar surface area (TPSA) is 84.0 Å². The molecule has 2 heterocycles. The molecule has 0 atom stereocenters. The number of nitrogens with one attached hydrogen (secondary N) is 2. The van der Waals surface area contributed by atoms with Gasteiger partial charge in [-0.15, -0.1) is 0 Å². The van der Waals surface area contributed by atoms with Crippen LogP contribution in [0.1, 0.15) is 11.1 Å². The second-order valence-electron chi connectivity index (χ2n) is 5.81. The Morgan fingerprint density at radius 1 is 0.759 bits per heavy atom. The van der Waals surface area contributed by atoms with Crippen molar-refractivity contribution >= 4 is 11.8 Å². The number of hydrogen-bond donors (Lipinski definition) is 2. The summed E-state index contributed by atoms with van der Waals surface area (Å²) >= 11 is 0. The maximum Gasteiger partial charge on any atom is 0.393 e. The SMILES string of the molecule is O=C(NCc1cccnc1)C(F)(F)C(F)(F)C(F)(F)C(=O)NCc1cccnc1. The molecule has 0 aliphatic carbocycles. The van der Waals surface area contributed by atoms with E-state index in [9.17, 15) is 35.9 Å². The van der Waals surface area contributed by atoms with Crippen LogP contribution < -0.4 is 10.6 Å². The number of amides is 2. The number of carbonyl (C=O) groups excluding carboxylic acids is 2. The Kier molecular flexibility index (Phi) is 6.44. The highest BCUT2D eigenvalue weighted by Gasteiger charge is 2.77. The third-order valence-corrected chi connectivity index (χ3v) is 3.71. The minimum absolute atomic E-state index is 0.168. The van der Waals surface area contributed by atoms with Crippen molar-refractivity contribution < 1.29 is 35.9 Å². The van der Waals surface area contributed by atoms with Crippen molar-refractivity contribution in [1.82, 2.24) is 20.6 Å². The van der Waals surface area contributed by atoms with E-state index in [0.717, 1.165) is 12.4 Å². The quantitative estimate of drug-likeness (QED) is 0.642.